The molecule has 1 aliphatic heterocycles. The van der Waals surface area contributed by atoms with Gasteiger partial charge < -0.3 is 9.84 Å². The Kier molecular flexibility index (Phi) is 5.40. The van der Waals surface area contributed by atoms with Gasteiger partial charge in [-0.05, 0) is 25.1 Å². The van der Waals surface area contributed by atoms with Gasteiger partial charge in [-0.15, -0.1) is 0 Å². The summed E-state index contributed by atoms with van der Waals surface area (Å²) >= 11 is 0. The first kappa shape index (κ1) is 17.5. The number of rotatable bonds is 5. The van der Waals surface area contributed by atoms with Crippen LogP contribution in [-0.2, 0) is 11.3 Å². The molecule has 3 rings (SSSR count). The van der Waals surface area contributed by atoms with E-state index in [1.54, 1.807) is 19.1 Å². The van der Waals surface area contributed by atoms with Gasteiger partial charge in [0.25, 0.3) is 0 Å². The maximum atomic E-state index is 13.2. The molecule has 0 radical (unpaired) electrons. The van der Waals surface area contributed by atoms with E-state index in [4.69, 9.17) is 4.52 Å². The molecule has 134 valence electrons. The summed E-state index contributed by atoms with van der Waals surface area (Å²) in [6.45, 7) is 7.48. The summed E-state index contributed by atoms with van der Waals surface area (Å²) in [4.78, 5) is 20.9. The van der Waals surface area contributed by atoms with Gasteiger partial charge in [0.1, 0.15) is 5.82 Å². The van der Waals surface area contributed by atoms with E-state index in [9.17, 15) is 9.18 Å². The molecule has 2 aromatic rings. The van der Waals surface area contributed by atoms with Crippen LogP contribution in [0.4, 0.5) is 10.1 Å². The van der Waals surface area contributed by atoms with Crippen LogP contribution in [0.1, 0.15) is 18.6 Å². The molecule has 1 N–H and O–H groups in total. The SMILES string of the molecule is Cc1nc(CN2CCN(C(C)C(=O)Nc3cccc(F)c3)CC2)no1. The molecule has 1 aromatic carbocycles. The minimum absolute atomic E-state index is 0.132. The molecular formula is C17H22FN5O2. The molecule has 1 saturated heterocycles. The average Bonchev–Trinajstić information content (AvgIpc) is 3.00. The van der Waals surface area contributed by atoms with Crippen molar-refractivity contribution in [1.82, 2.24) is 19.9 Å². The molecule has 1 fully saturated rings. The van der Waals surface area contributed by atoms with Crippen molar-refractivity contribution in [2.45, 2.75) is 26.4 Å². The molecule has 8 heteroatoms. The molecule has 1 aromatic heterocycles. The molecule has 0 bridgehead atoms. The van der Waals surface area contributed by atoms with Gasteiger partial charge in [0.05, 0.1) is 12.6 Å². The molecule has 1 atom stereocenters. The molecular weight excluding hydrogens is 325 g/mol. The van der Waals surface area contributed by atoms with Gasteiger partial charge in [0.15, 0.2) is 5.82 Å². The maximum absolute atomic E-state index is 13.2. The molecule has 1 aliphatic rings. The van der Waals surface area contributed by atoms with E-state index in [1.807, 2.05) is 6.92 Å². The zero-order chi connectivity index (χ0) is 17.8. The normalized spacial score (nSPS) is 17.4. The van der Waals surface area contributed by atoms with Crippen molar-refractivity contribution in [3.8, 4) is 0 Å². The van der Waals surface area contributed by atoms with Crippen molar-refractivity contribution < 1.29 is 13.7 Å². The lowest BCUT2D eigenvalue weighted by molar-refractivity contribution is -0.121. The predicted molar refractivity (Wildman–Crippen MR) is 90.4 cm³/mol. The standard InChI is InChI=1S/C17H22FN5O2/c1-12(17(24)20-15-5-3-4-14(18)10-15)23-8-6-22(7-9-23)11-16-19-13(2)25-21-16/h3-5,10,12H,6-9,11H2,1-2H3,(H,20,24). The minimum Gasteiger partial charge on any atom is -0.340 e. The highest BCUT2D eigenvalue weighted by Crippen LogP contribution is 2.13. The van der Waals surface area contributed by atoms with Crippen molar-refractivity contribution >= 4 is 11.6 Å². The lowest BCUT2D eigenvalue weighted by Gasteiger charge is -2.36. The number of aromatic nitrogens is 2. The fraction of sp³-hybridized carbons (Fsp3) is 0.471. The van der Waals surface area contributed by atoms with Gasteiger partial charge in [-0.3, -0.25) is 14.6 Å². The van der Waals surface area contributed by atoms with Crippen LogP contribution in [-0.4, -0.2) is 58.1 Å². The quantitative estimate of drug-likeness (QED) is 0.887. The van der Waals surface area contributed by atoms with Crippen LogP contribution in [0, 0.1) is 12.7 Å². The number of aryl methyl sites for hydroxylation is 1. The molecule has 1 amide bonds. The first-order valence-corrected chi connectivity index (χ1v) is 8.33. The summed E-state index contributed by atoms with van der Waals surface area (Å²) in [6.07, 6.45) is 0. The number of halogens is 1. The Morgan fingerprint density at radius 2 is 2.12 bits per heavy atom. The van der Waals surface area contributed by atoms with E-state index >= 15 is 0 Å². The number of carbonyl (C=O) groups is 1. The highest BCUT2D eigenvalue weighted by Gasteiger charge is 2.26. The van der Waals surface area contributed by atoms with Gasteiger partial charge in [0, 0.05) is 38.8 Å². The Morgan fingerprint density at radius 1 is 1.36 bits per heavy atom. The fourth-order valence-electron chi connectivity index (χ4n) is 2.89. The van der Waals surface area contributed by atoms with Gasteiger partial charge in [-0.2, -0.15) is 4.98 Å². The van der Waals surface area contributed by atoms with Crippen LogP contribution < -0.4 is 5.32 Å². The second kappa shape index (κ2) is 7.71. The molecule has 2 heterocycles. The number of amides is 1. The number of piperazine rings is 1. The lowest BCUT2D eigenvalue weighted by Crippen LogP contribution is -2.52. The minimum atomic E-state index is -0.365. The second-order valence-corrected chi connectivity index (χ2v) is 6.22. The Bertz CT molecular complexity index is 727. The van der Waals surface area contributed by atoms with E-state index in [0.717, 1.165) is 26.2 Å². The van der Waals surface area contributed by atoms with E-state index in [-0.39, 0.29) is 17.8 Å². The molecule has 25 heavy (non-hydrogen) atoms. The number of nitrogens with one attached hydrogen (secondary N) is 1. The Hall–Kier alpha value is -2.32. The smallest absolute Gasteiger partial charge is 0.241 e. The summed E-state index contributed by atoms with van der Waals surface area (Å²) in [5.41, 5.74) is 0.475. The largest absolute Gasteiger partial charge is 0.340 e. The maximum Gasteiger partial charge on any atom is 0.241 e. The van der Waals surface area contributed by atoms with Crippen molar-refractivity contribution in [1.29, 1.82) is 0 Å². The third-order valence-corrected chi connectivity index (χ3v) is 4.36. The van der Waals surface area contributed by atoms with Crippen LogP contribution in [0.15, 0.2) is 28.8 Å². The fourth-order valence-corrected chi connectivity index (χ4v) is 2.89. The van der Waals surface area contributed by atoms with Crippen LogP contribution in [0.2, 0.25) is 0 Å². The number of benzene rings is 1. The topological polar surface area (TPSA) is 74.5 Å². The monoisotopic (exact) mass is 347 g/mol. The van der Waals surface area contributed by atoms with Crippen molar-refractivity contribution in [3.63, 3.8) is 0 Å². The van der Waals surface area contributed by atoms with Gasteiger partial charge in [-0.1, -0.05) is 11.2 Å². The van der Waals surface area contributed by atoms with E-state index in [2.05, 4.69) is 25.3 Å². The summed E-state index contributed by atoms with van der Waals surface area (Å²) in [5.74, 6) is 0.753. The first-order valence-electron chi connectivity index (χ1n) is 8.33. The van der Waals surface area contributed by atoms with Crippen LogP contribution in [0.3, 0.4) is 0 Å². The Labute approximate surface area is 145 Å². The van der Waals surface area contributed by atoms with Crippen LogP contribution >= 0.6 is 0 Å². The summed E-state index contributed by atoms with van der Waals surface area (Å²) < 4.78 is 18.2. The van der Waals surface area contributed by atoms with E-state index < -0.39 is 0 Å². The van der Waals surface area contributed by atoms with Gasteiger partial charge >= 0.3 is 0 Å². The zero-order valence-corrected chi connectivity index (χ0v) is 14.4. The molecule has 0 saturated carbocycles. The lowest BCUT2D eigenvalue weighted by atomic mass is 10.2. The van der Waals surface area contributed by atoms with E-state index in [0.29, 0.717) is 23.9 Å². The molecule has 7 nitrogen and oxygen atoms in total. The van der Waals surface area contributed by atoms with Gasteiger partial charge in [-0.25, -0.2) is 4.39 Å². The molecule has 0 spiro atoms. The third-order valence-electron chi connectivity index (χ3n) is 4.36. The third kappa shape index (κ3) is 4.61. The highest BCUT2D eigenvalue weighted by atomic mass is 19.1. The number of nitrogens with zero attached hydrogens (tertiary/aromatic N) is 4. The van der Waals surface area contributed by atoms with Crippen molar-refractivity contribution in [2.75, 3.05) is 31.5 Å². The molecule has 0 aliphatic carbocycles. The Morgan fingerprint density at radius 3 is 2.76 bits per heavy atom. The average molecular weight is 347 g/mol. The summed E-state index contributed by atoms with van der Waals surface area (Å²) in [6, 6.07) is 5.64. The van der Waals surface area contributed by atoms with E-state index in [1.165, 1.54) is 12.1 Å². The van der Waals surface area contributed by atoms with Gasteiger partial charge in [0.2, 0.25) is 11.8 Å². The number of hydrogen-bond acceptors (Lipinski definition) is 6. The predicted octanol–water partition coefficient (Wildman–Crippen LogP) is 1.66. The summed E-state index contributed by atoms with van der Waals surface area (Å²) in [5, 5.41) is 6.68. The number of hydrogen-bond donors (Lipinski definition) is 1. The second-order valence-electron chi connectivity index (χ2n) is 6.22. The first-order chi connectivity index (χ1) is 12.0. The highest BCUT2D eigenvalue weighted by molar-refractivity contribution is 5.94. The zero-order valence-electron chi connectivity index (χ0n) is 14.4. The summed E-state index contributed by atoms with van der Waals surface area (Å²) in [7, 11) is 0. The van der Waals surface area contributed by atoms with Crippen LogP contribution in [0.25, 0.3) is 0 Å². The Balaban J connectivity index is 1.49. The molecule has 1 unspecified atom stereocenters. The number of anilines is 1. The van der Waals surface area contributed by atoms with Crippen LogP contribution in [0.5, 0.6) is 0 Å². The number of carbonyl (C=O) groups excluding carboxylic acids is 1. The van der Waals surface area contributed by atoms with Crippen molar-refractivity contribution in [2.24, 2.45) is 0 Å². The van der Waals surface area contributed by atoms with Crippen molar-refractivity contribution in [3.05, 3.63) is 41.8 Å².